The average molecular weight is 214 g/mol. The Hall–Kier alpha value is 0.270. The fraction of sp³-hybridized carbons (Fsp3) is 1.00. The van der Waals surface area contributed by atoms with Crippen LogP contribution in [0.25, 0.3) is 0 Å². The van der Waals surface area contributed by atoms with Crippen molar-refractivity contribution in [3.8, 4) is 0 Å². The molecule has 0 amide bonds. The summed E-state index contributed by atoms with van der Waals surface area (Å²) in [7, 11) is 0. The van der Waals surface area contributed by atoms with Gasteiger partial charge in [0.1, 0.15) is 0 Å². The Bertz CT molecular complexity index is 205. The Balaban J connectivity index is 2.07. The molecule has 0 saturated carbocycles. The molecule has 0 bridgehead atoms. The summed E-state index contributed by atoms with van der Waals surface area (Å²) in [6.45, 7) is 10.7. The Labute approximate surface area is 91.8 Å². The zero-order valence-corrected chi connectivity index (χ0v) is 10.4. The number of rotatable bonds is 1. The fourth-order valence-electron chi connectivity index (χ4n) is 2.74. The summed E-state index contributed by atoms with van der Waals surface area (Å²) in [5.74, 6) is 1.35. The molecule has 14 heavy (non-hydrogen) atoms. The van der Waals surface area contributed by atoms with Crippen LogP contribution in [0.1, 0.15) is 27.2 Å². The third-order valence-corrected chi connectivity index (χ3v) is 4.91. The van der Waals surface area contributed by atoms with Gasteiger partial charge >= 0.3 is 0 Å². The van der Waals surface area contributed by atoms with Gasteiger partial charge in [-0.3, -0.25) is 4.90 Å². The van der Waals surface area contributed by atoms with E-state index in [9.17, 15) is 0 Å². The second-order valence-corrected chi connectivity index (χ2v) is 6.60. The van der Waals surface area contributed by atoms with Crippen molar-refractivity contribution in [1.82, 2.24) is 10.2 Å². The molecule has 1 N–H and O–H groups in total. The van der Waals surface area contributed by atoms with E-state index >= 15 is 0 Å². The Morgan fingerprint density at radius 2 is 2.21 bits per heavy atom. The summed E-state index contributed by atoms with van der Waals surface area (Å²) in [4.78, 5) is 2.73. The quantitative estimate of drug-likeness (QED) is 0.713. The first-order valence-electron chi connectivity index (χ1n) is 5.70. The lowest BCUT2D eigenvalue weighted by Gasteiger charge is -2.47. The fourth-order valence-corrected chi connectivity index (χ4v) is 4.00. The lowest BCUT2D eigenvalue weighted by atomic mass is 9.95. The zero-order valence-electron chi connectivity index (χ0n) is 9.55. The van der Waals surface area contributed by atoms with Crippen molar-refractivity contribution in [2.45, 2.75) is 44.0 Å². The summed E-state index contributed by atoms with van der Waals surface area (Å²) in [6, 6.07) is 0.817. The van der Waals surface area contributed by atoms with Crippen molar-refractivity contribution >= 4 is 11.8 Å². The van der Waals surface area contributed by atoms with Crippen LogP contribution in [0.2, 0.25) is 0 Å². The molecule has 0 aliphatic carbocycles. The van der Waals surface area contributed by atoms with Crippen LogP contribution in [0.5, 0.6) is 0 Å². The predicted molar refractivity (Wildman–Crippen MR) is 64.0 cm³/mol. The molecule has 0 aromatic carbocycles. The van der Waals surface area contributed by atoms with E-state index in [0.29, 0.717) is 5.54 Å². The average Bonchev–Trinajstić information content (AvgIpc) is 2.51. The van der Waals surface area contributed by atoms with Crippen LogP contribution in [-0.2, 0) is 0 Å². The maximum Gasteiger partial charge on any atom is 0.0281 e. The number of nitrogens with one attached hydrogen (secondary N) is 1. The molecule has 0 radical (unpaired) electrons. The van der Waals surface area contributed by atoms with Gasteiger partial charge in [-0.15, -0.1) is 0 Å². The molecule has 82 valence electrons. The molecule has 0 aromatic rings. The summed E-state index contributed by atoms with van der Waals surface area (Å²) in [5.41, 5.74) is 0.349. The lowest BCUT2D eigenvalue weighted by Crippen LogP contribution is -2.62. The summed E-state index contributed by atoms with van der Waals surface area (Å²) >= 11 is 2.14. The maximum absolute atomic E-state index is 3.49. The first kappa shape index (κ1) is 10.8. The SMILES string of the molecule is CC1SCCC1N1CCNCC1(C)C. The molecule has 2 atom stereocenters. The van der Waals surface area contributed by atoms with Gasteiger partial charge in [-0.1, -0.05) is 6.92 Å². The van der Waals surface area contributed by atoms with Crippen LogP contribution in [0.3, 0.4) is 0 Å². The standard InChI is InChI=1S/C11H22N2S/c1-9-10(4-7-14-9)13-6-5-12-8-11(13,2)3/h9-10,12H,4-8H2,1-3H3. The third kappa shape index (κ3) is 1.95. The molecule has 2 rings (SSSR count). The number of nitrogens with zero attached hydrogens (tertiary/aromatic N) is 1. The first-order chi connectivity index (χ1) is 6.61. The highest BCUT2D eigenvalue weighted by Gasteiger charge is 2.38. The molecule has 0 spiro atoms. The van der Waals surface area contributed by atoms with Crippen molar-refractivity contribution in [2.24, 2.45) is 0 Å². The summed E-state index contributed by atoms with van der Waals surface area (Å²) in [6.07, 6.45) is 1.38. The van der Waals surface area contributed by atoms with Gasteiger partial charge in [-0.25, -0.2) is 0 Å². The monoisotopic (exact) mass is 214 g/mol. The van der Waals surface area contributed by atoms with Gasteiger partial charge in [0.25, 0.3) is 0 Å². The molecule has 2 nitrogen and oxygen atoms in total. The minimum absolute atomic E-state index is 0.349. The van der Waals surface area contributed by atoms with Crippen molar-refractivity contribution in [3.05, 3.63) is 0 Å². The Kier molecular flexibility index (Phi) is 3.10. The van der Waals surface area contributed by atoms with Crippen LogP contribution >= 0.6 is 11.8 Å². The molecular weight excluding hydrogens is 192 g/mol. The summed E-state index contributed by atoms with van der Waals surface area (Å²) in [5, 5.41) is 4.32. The molecule has 2 fully saturated rings. The molecule has 2 aliphatic heterocycles. The molecule has 2 saturated heterocycles. The van der Waals surface area contributed by atoms with E-state index in [4.69, 9.17) is 0 Å². The number of piperazine rings is 1. The van der Waals surface area contributed by atoms with Crippen LogP contribution in [0.4, 0.5) is 0 Å². The number of thioether (sulfide) groups is 1. The number of hydrogen-bond acceptors (Lipinski definition) is 3. The Morgan fingerprint density at radius 1 is 1.43 bits per heavy atom. The van der Waals surface area contributed by atoms with E-state index in [0.717, 1.165) is 24.4 Å². The maximum atomic E-state index is 3.49. The van der Waals surface area contributed by atoms with Crippen LogP contribution in [0.15, 0.2) is 0 Å². The van der Waals surface area contributed by atoms with E-state index in [-0.39, 0.29) is 0 Å². The van der Waals surface area contributed by atoms with Crippen molar-refractivity contribution in [3.63, 3.8) is 0 Å². The molecule has 2 unspecified atom stereocenters. The van der Waals surface area contributed by atoms with E-state index in [2.05, 4.69) is 42.7 Å². The molecular formula is C11H22N2S. The normalized spacial score (nSPS) is 38.8. The third-order valence-electron chi connectivity index (χ3n) is 3.60. The van der Waals surface area contributed by atoms with Gasteiger partial charge in [0, 0.05) is 36.5 Å². The van der Waals surface area contributed by atoms with Gasteiger partial charge in [-0.05, 0) is 26.0 Å². The van der Waals surface area contributed by atoms with Gasteiger partial charge in [0.15, 0.2) is 0 Å². The van der Waals surface area contributed by atoms with Gasteiger partial charge in [0.05, 0.1) is 0 Å². The minimum Gasteiger partial charge on any atom is -0.314 e. The second-order valence-electron chi connectivity index (χ2n) is 5.11. The number of hydrogen-bond donors (Lipinski definition) is 1. The summed E-state index contributed by atoms with van der Waals surface area (Å²) < 4.78 is 0. The van der Waals surface area contributed by atoms with Crippen LogP contribution < -0.4 is 5.32 Å². The Morgan fingerprint density at radius 3 is 2.79 bits per heavy atom. The van der Waals surface area contributed by atoms with E-state index in [1.807, 2.05) is 0 Å². The molecule has 2 heterocycles. The highest BCUT2D eigenvalue weighted by atomic mass is 32.2. The van der Waals surface area contributed by atoms with E-state index in [1.54, 1.807) is 0 Å². The van der Waals surface area contributed by atoms with Gasteiger partial charge in [-0.2, -0.15) is 11.8 Å². The predicted octanol–water partition coefficient (Wildman–Crippen LogP) is 1.56. The molecule has 3 heteroatoms. The zero-order chi connectivity index (χ0) is 10.2. The smallest absolute Gasteiger partial charge is 0.0281 e. The lowest BCUT2D eigenvalue weighted by molar-refractivity contribution is 0.0468. The van der Waals surface area contributed by atoms with Gasteiger partial charge in [0.2, 0.25) is 0 Å². The minimum atomic E-state index is 0.349. The topological polar surface area (TPSA) is 15.3 Å². The van der Waals surface area contributed by atoms with Gasteiger partial charge < -0.3 is 5.32 Å². The van der Waals surface area contributed by atoms with Crippen LogP contribution in [0, 0.1) is 0 Å². The van der Waals surface area contributed by atoms with Crippen molar-refractivity contribution < 1.29 is 0 Å². The largest absolute Gasteiger partial charge is 0.314 e. The van der Waals surface area contributed by atoms with E-state index < -0.39 is 0 Å². The van der Waals surface area contributed by atoms with E-state index in [1.165, 1.54) is 18.7 Å². The van der Waals surface area contributed by atoms with Crippen LogP contribution in [-0.4, -0.2) is 47.1 Å². The highest BCUT2D eigenvalue weighted by molar-refractivity contribution is 8.00. The van der Waals surface area contributed by atoms with Crippen molar-refractivity contribution in [1.29, 1.82) is 0 Å². The second kappa shape index (κ2) is 4.03. The molecule has 0 aromatic heterocycles. The highest BCUT2D eigenvalue weighted by Crippen LogP contribution is 2.34. The molecule has 2 aliphatic rings. The first-order valence-corrected chi connectivity index (χ1v) is 6.75. The van der Waals surface area contributed by atoms with Crippen molar-refractivity contribution in [2.75, 3.05) is 25.4 Å².